The Kier molecular flexibility index (Phi) is 5.75. The van der Waals surface area contributed by atoms with Crippen LogP contribution in [-0.2, 0) is 0 Å². The van der Waals surface area contributed by atoms with Gasteiger partial charge in [-0.3, -0.25) is 4.79 Å². The highest BCUT2D eigenvalue weighted by atomic mass is 79.9. The lowest BCUT2D eigenvalue weighted by atomic mass is 10.2. The zero-order chi connectivity index (χ0) is 14.4. The molecular weight excluding hydrogens is 317 g/mol. The van der Waals surface area contributed by atoms with E-state index in [0.717, 1.165) is 0 Å². The van der Waals surface area contributed by atoms with Crippen LogP contribution < -0.4 is 10.6 Å². The molecule has 0 atom stereocenters. The molecule has 0 unspecified atom stereocenters. The molecule has 1 aromatic carbocycles. The maximum Gasteiger partial charge on any atom is 0.316 e. The Labute approximate surface area is 119 Å². The standard InChI is InChI=1S/C12H15BrFN3O2/c1-17(2)12(19)16-6-5-15-11(18)9-4-3-8(13)7-10(9)14/h3-4,7H,5-6H2,1-2H3,(H,15,18)(H,16,19). The molecule has 0 fully saturated rings. The second-order valence-electron chi connectivity index (χ2n) is 4.01. The van der Waals surface area contributed by atoms with E-state index in [1.165, 1.54) is 17.0 Å². The Morgan fingerprint density at radius 3 is 2.47 bits per heavy atom. The predicted molar refractivity (Wildman–Crippen MR) is 73.5 cm³/mol. The number of hydrogen-bond acceptors (Lipinski definition) is 2. The Balaban J connectivity index is 2.41. The Morgan fingerprint density at radius 2 is 1.89 bits per heavy atom. The summed E-state index contributed by atoms with van der Waals surface area (Å²) in [6, 6.07) is 3.96. The van der Waals surface area contributed by atoms with E-state index in [2.05, 4.69) is 26.6 Å². The summed E-state index contributed by atoms with van der Waals surface area (Å²) in [4.78, 5) is 24.2. The minimum absolute atomic E-state index is 0.0258. The fraction of sp³-hybridized carbons (Fsp3) is 0.333. The van der Waals surface area contributed by atoms with E-state index in [9.17, 15) is 14.0 Å². The molecule has 1 aromatic rings. The van der Waals surface area contributed by atoms with Crippen molar-refractivity contribution >= 4 is 27.9 Å². The Bertz CT molecular complexity index is 480. The molecule has 0 aliphatic rings. The third kappa shape index (κ3) is 4.86. The van der Waals surface area contributed by atoms with Gasteiger partial charge in [-0.15, -0.1) is 0 Å². The van der Waals surface area contributed by atoms with Crippen molar-refractivity contribution in [1.29, 1.82) is 0 Å². The van der Waals surface area contributed by atoms with Crippen LogP contribution in [-0.4, -0.2) is 44.0 Å². The summed E-state index contributed by atoms with van der Waals surface area (Å²) in [5.41, 5.74) is -0.0258. The number of amides is 3. The van der Waals surface area contributed by atoms with Crippen molar-refractivity contribution in [3.05, 3.63) is 34.1 Å². The first-order chi connectivity index (χ1) is 8.91. The summed E-state index contributed by atoms with van der Waals surface area (Å²) in [5.74, 6) is -1.10. The van der Waals surface area contributed by atoms with Gasteiger partial charge < -0.3 is 15.5 Å². The van der Waals surface area contributed by atoms with Gasteiger partial charge in [0.25, 0.3) is 5.91 Å². The highest BCUT2D eigenvalue weighted by molar-refractivity contribution is 9.10. The normalized spacial score (nSPS) is 9.89. The molecule has 3 amide bonds. The van der Waals surface area contributed by atoms with Crippen LogP contribution in [0, 0.1) is 5.82 Å². The number of hydrogen-bond donors (Lipinski definition) is 2. The molecule has 0 radical (unpaired) electrons. The summed E-state index contributed by atoms with van der Waals surface area (Å²) in [7, 11) is 3.23. The van der Waals surface area contributed by atoms with Crippen molar-refractivity contribution in [1.82, 2.24) is 15.5 Å². The Hall–Kier alpha value is -1.63. The average molecular weight is 332 g/mol. The first-order valence-corrected chi connectivity index (χ1v) is 6.39. The van der Waals surface area contributed by atoms with Gasteiger partial charge in [0.15, 0.2) is 0 Å². The zero-order valence-corrected chi connectivity index (χ0v) is 12.3. The summed E-state index contributed by atoms with van der Waals surface area (Å²) in [6.45, 7) is 0.509. The summed E-state index contributed by atoms with van der Waals surface area (Å²) in [5, 5.41) is 5.11. The lowest BCUT2D eigenvalue weighted by Gasteiger charge is -2.12. The van der Waals surface area contributed by atoms with Gasteiger partial charge in [0, 0.05) is 31.7 Å². The second-order valence-corrected chi connectivity index (χ2v) is 4.92. The molecule has 0 heterocycles. The van der Waals surface area contributed by atoms with Gasteiger partial charge in [0.2, 0.25) is 0 Å². The highest BCUT2D eigenvalue weighted by Crippen LogP contribution is 2.14. The van der Waals surface area contributed by atoms with Crippen LogP contribution in [0.3, 0.4) is 0 Å². The minimum atomic E-state index is -0.593. The summed E-state index contributed by atoms with van der Waals surface area (Å²) < 4.78 is 14.0. The average Bonchev–Trinajstić information content (AvgIpc) is 2.33. The van der Waals surface area contributed by atoms with Gasteiger partial charge in [0.05, 0.1) is 5.56 Å². The number of benzene rings is 1. The fourth-order valence-corrected chi connectivity index (χ4v) is 1.61. The maximum atomic E-state index is 13.5. The predicted octanol–water partition coefficient (Wildman–Crippen LogP) is 1.59. The molecule has 0 saturated heterocycles. The van der Waals surface area contributed by atoms with Gasteiger partial charge in [-0.2, -0.15) is 0 Å². The number of nitrogens with one attached hydrogen (secondary N) is 2. The maximum absolute atomic E-state index is 13.5. The van der Waals surface area contributed by atoms with Crippen LogP contribution in [0.25, 0.3) is 0 Å². The van der Waals surface area contributed by atoms with Crippen molar-refractivity contribution in [2.75, 3.05) is 27.2 Å². The molecule has 1 rings (SSSR count). The molecule has 0 spiro atoms. The lowest BCUT2D eigenvalue weighted by Crippen LogP contribution is -2.39. The SMILES string of the molecule is CN(C)C(=O)NCCNC(=O)c1ccc(Br)cc1F. The van der Waals surface area contributed by atoms with Crippen molar-refractivity contribution in [2.24, 2.45) is 0 Å². The molecule has 0 saturated carbocycles. The van der Waals surface area contributed by atoms with Crippen molar-refractivity contribution in [2.45, 2.75) is 0 Å². The van der Waals surface area contributed by atoms with E-state index in [1.54, 1.807) is 20.2 Å². The number of halogens is 2. The smallest absolute Gasteiger partial charge is 0.316 e. The molecule has 5 nitrogen and oxygen atoms in total. The molecule has 7 heteroatoms. The molecule has 0 aliphatic heterocycles. The van der Waals surface area contributed by atoms with Crippen LogP contribution in [0.2, 0.25) is 0 Å². The van der Waals surface area contributed by atoms with Gasteiger partial charge in [-0.05, 0) is 18.2 Å². The topological polar surface area (TPSA) is 61.4 Å². The zero-order valence-electron chi connectivity index (χ0n) is 10.7. The molecule has 0 bridgehead atoms. The number of urea groups is 1. The molecule has 0 aliphatic carbocycles. The van der Waals surface area contributed by atoms with E-state index >= 15 is 0 Å². The van der Waals surface area contributed by atoms with Gasteiger partial charge in [-0.25, -0.2) is 9.18 Å². The van der Waals surface area contributed by atoms with Gasteiger partial charge >= 0.3 is 6.03 Å². The molecular formula is C12H15BrFN3O2. The van der Waals surface area contributed by atoms with Crippen LogP contribution in [0.1, 0.15) is 10.4 Å². The largest absolute Gasteiger partial charge is 0.350 e. The third-order valence-electron chi connectivity index (χ3n) is 2.27. The minimum Gasteiger partial charge on any atom is -0.350 e. The number of carbonyl (C=O) groups is 2. The monoisotopic (exact) mass is 331 g/mol. The van der Waals surface area contributed by atoms with Crippen molar-refractivity contribution < 1.29 is 14.0 Å². The van der Waals surface area contributed by atoms with Crippen LogP contribution >= 0.6 is 15.9 Å². The first kappa shape index (κ1) is 15.4. The molecule has 104 valence electrons. The second kappa shape index (κ2) is 7.08. The number of nitrogens with zero attached hydrogens (tertiary/aromatic N) is 1. The quantitative estimate of drug-likeness (QED) is 0.823. The fourth-order valence-electron chi connectivity index (χ4n) is 1.27. The van der Waals surface area contributed by atoms with Gasteiger partial charge in [-0.1, -0.05) is 15.9 Å². The van der Waals surface area contributed by atoms with Gasteiger partial charge in [0.1, 0.15) is 5.82 Å². The van der Waals surface area contributed by atoms with E-state index in [1.807, 2.05) is 0 Å². The summed E-state index contributed by atoms with van der Waals surface area (Å²) in [6.07, 6.45) is 0. The van der Waals surface area contributed by atoms with E-state index < -0.39 is 11.7 Å². The number of rotatable bonds is 4. The third-order valence-corrected chi connectivity index (χ3v) is 2.76. The van der Waals surface area contributed by atoms with Crippen LogP contribution in [0.4, 0.5) is 9.18 Å². The van der Waals surface area contributed by atoms with Crippen molar-refractivity contribution in [3.8, 4) is 0 Å². The Morgan fingerprint density at radius 1 is 1.26 bits per heavy atom. The first-order valence-electron chi connectivity index (χ1n) is 5.60. The molecule has 19 heavy (non-hydrogen) atoms. The van der Waals surface area contributed by atoms with E-state index in [0.29, 0.717) is 4.47 Å². The van der Waals surface area contributed by atoms with Crippen molar-refractivity contribution in [3.63, 3.8) is 0 Å². The van der Waals surface area contributed by atoms with E-state index in [4.69, 9.17) is 0 Å². The molecule has 0 aromatic heterocycles. The van der Waals surface area contributed by atoms with E-state index in [-0.39, 0.29) is 24.7 Å². The molecule has 2 N–H and O–H groups in total. The number of carbonyl (C=O) groups excluding carboxylic acids is 2. The summed E-state index contributed by atoms with van der Waals surface area (Å²) >= 11 is 3.11. The lowest BCUT2D eigenvalue weighted by molar-refractivity contribution is 0.0949. The van der Waals surface area contributed by atoms with Crippen LogP contribution in [0.15, 0.2) is 22.7 Å². The highest BCUT2D eigenvalue weighted by Gasteiger charge is 2.11. The van der Waals surface area contributed by atoms with Crippen LogP contribution in [0.5, 0.6) is 0 Å².